The van der Waals surface area contributed by atoms with E-state index in [9.17, 15) is 23.3 Å². The molecule has 0 saturated carbocycles. The summed E-state index contributed by atoms with van der Waals surface area (Å²) in [4.78, 5) is 22.5. The molecule has 0 fully saturated rings. The molecule has 0 radical (unpaired) electrons. The van der Waals surface area contributed by atoms with E-state index in [4.69, 9.17) is 23.2 Å². The van der Waals surface area contributed by atoms with E-state index in [0.29, 0.717) is 22.0 Å². The van der Waals surface area contributed by atoms with Gasteiger partial charge in [0.1, 0.15) is 0 Å². The van der Waals surface area contributed by atoms with Crippen LogP contribution in [0.25, 0.3) is 0 Å². The van der Waals surface area contributed by atoms with Crippen LogP contribution in [0.5, 0.6) is 0 Å². The van der Waals surface area contributed by atoms with Crippen LogP contribution in [-0.2, 0) is 10.0 Å². The Kier molecular flexibility index (Phi) is 6.49. The summed E-state index contributed by atoms with van der Waals surface area (Å²) in [5.74, 6) is -0.594. The summed E-state index contributed by atoms with van der Waals surface area (Å²) in [6.07, 6.45) is 0. The van der Waals surface area contributed by atoms with E-state index in [2.05, 4.69) is 10.0 Å². The van der Waals surface area contributed by atoms with Gasteiger partial charge >= 0.3 is 0 Å². The van der Waals surface area contributed by atoms with Gasteiger partial charge < -0.3 is 5.32 Å². The van der Waals surface area contributed by atoms with E-state index in [1.807, 2.05) is 0 Å². The van der Waals surface area contributed by atoms with Crippen LogP contribution in [0.4, 0.5) is 17.1 Å². The van der Waals surface area contributed by atoms with Gasteiger partial charge in [0.2, 0.25) is 0 Å². The van der Waals surface area contributed by atoms with Crippen LogP contribution in [0.3, 0.4) is 0 Å². The number of nitro benzene ring substituents is 1. The summed E-state index contributed by atoms with van der Waals surface area (Å²) in [5.41, 5.74) is 1.08. The van der Waals surface area contributed by atoms with Crippen molar-refractivity contribution in [2.24, 2.45) is 0 Å². The van der Waals surface area contributed by atoms with Gasteiger partial charge in [0.15, 0.2) is 0 Å². The fraction of sp³-hybridized carbons (Fsp3) is 0.0500. The van der Waals surface area contributed by atoms with Gasteiger partial charge in [0.05, 0.1) is 26.1 Å². The number of nitrogens with one attached hydrogen (secondary N) is 2. The van der Waals surface area contributed by atoms with Gasteiger partial charge in [-0.25, -0.2) is 8.42 Å². The van der Waals surface area contributed by atoms with E-state index in [0.717, 1.165) is 6.07 Å². The van der Waals surface area contributed by atoms with Crippen LogP contribution in [0.2, 0.25) is 10.0 Å². The maximum absolute atomic E-state index is 12.6. The Bertz CT molecular complexity index is 1280. The van der Waals surface area contributed by atoms with Crippen molar-refractivity contribution < 1.29 is 18.1 Å². The predicted molar refractivity (Wildman–Crippen MR) is 119 cm³/mol. The molecule has 0 saturated heterocycles. The molecule has 0 spiro atoms. The van der Waals surface area contributed by atoms with E-state index in [1.54, 1.807) is 25.1 Å². The Morgan fingerprint density at radius 2 is 1.68 bits per heavy atom. The maximum Gasteiger partial charge on any atom is 0.270 e. The number of carbonyl (C=O) groups excluding carboxylic acids is 1. The van der Waals surface area contributed by atoms with Crippen molar-refractivity contribution in [3.63, 3.8) is 0 Å². The van der Waals surface area contributed by atoms with Crippen LogP contribution >= 0.6 is 23.2 Å². The van der Waals surface area contributed by atoms with E-state index in [1.165, 1.54) is 36.4 Å². The molecule has 0 aliphatic rings. The zero-order valence-corrected chi connectivity index (χ0v) is 18.3. The van der Waals surface area contributed by atoms with Crippen molar-refractivity contribution in [1.82, 2.24) is 0 Å². The molecule has 8 nitrogen and oxygen atoms in total. The Balaban J connectivity index is 1.76. The number of nitro groups is 1. The molecule has 0 aliphatic heterocycles. The topological polar surface area (TPSA) is 118 Å². The minimum Gasteiger partial charge on any atom is -0.322 e. The Morgan fingerprint density at radius 1 is 1.00 bits per heavy atom. The summed E-state index contributed by atoms with van der Waals surface area (Å²) in [6.45, 7) is 1.70. The van der Waals surface area contributed by atoms with Gasteiger partial charge in [-0.1, -0.05) is 29.3 Å². The minimum atomic E-state index is -3.88. The molecular weight excluding hydrogens is 465 g/mol. The van der Waals surface area contributed by atoms with Crippen molar-refractivity contribution in [3.05, 3.63) is 92.0 Å². The molecule has 3 rings (SSSR count). The number of rotatable bonds is 6. The lowest BCUT2D eigenvalue weighted by Crippen LogP contribution is -2.15. The molecular formula is C20H15Cl2N3O5S. The van der Waals surface area contributed by atoms with Crippen molar-refractivity contribution in [2.75, 3.05) is 10.0 Å². The third-order valence-corrected chi connectivity index (χ3v) is 6.45. The number of sulfonamides is 1. The number of halogens is 2. The molecule has 11 heteroatoms. The molecule has 0 atom stereocenters. The Morgan fingerprint density at radius 3 is 2.29 bits per heavy atom. The standard InChI is InChI=1S/C20H15Cl2N3O5S/c1-12-17(21)3-2-4-19(12)24-31(29,30)15-8-5-13(6-9-15)23-20(26)16-10-7-14(25(27)28)11-18(16)22/h2-11,24H,1H3,(H,23,26). The van der Waals surface area contributed by atoms with Crippen LogP contribution in [0.15, 0.2) is 65.6 Å². The first-order valence-corrected chi connectivity index (χ1v) is 11.0. The molecule has 2 N–H and O–H groups in total. The number of benzene rings is 3. The van der Waals surface area contributed by atoms with Gasteiger partial charge in [0.25, 0.3) is 21.6 Å². The molecule has 3 aromatic carbocycles. The lowest BCUT2D eigenvalue weighted by Gasteiger charge is -2.12. The highest BCUT2D eigenvalue weighted by molar-refractivity contribution is 7.92. The molecule has 0 aromatic heterocycles. The molecule has 160 valence electrons. The van der Waals surface area contributed by atoms with Gasteiger partial charge in [-0.3, -0.25) is 19.6 Å². The van der Waals surface area contributed by atoms with E-state index in [-0.39, 0.29) is 21.2 Å². The van der Waals surface area contributed by atoms with Gasteiger partial charge in [0, 0.05) is 22.8 Å². The van der Waals surface area contributed by atoms with Crippen molar-refractivity contribution in [1.29, 1.82) is 0 Å². The lowest BCUT2D eigenvalue weighted by molar-refractivity contribution is -0.384. The van der Waals surface area contributed by atoms with Gasteiger partial charge in [-0.05, 0) is 55.0 Å². The normalized spacial score (nSPS) is 11.1. The third kappa shape index (κ3) is 5.13. The second kappa shape index (κ2) is 8.93. The summed E-state index contributed by atoms with van der Waals surface area (Å²) >= 11 is 12.0. The highest BCUT2D eigenvalue weighted by Gasteiger charge is 2.18. The largest absolute Gasteiger partial charge is 0.322 e. The molecule has 0 aliphatic carbocycles. The summed E-state index contributed by atoms with van der Waals surface area (Å²) in [6, 6.07) is 13.9. The molecule has 3 aromatic rings. The number of amides is 1. The zero-order valence-electron chi connectivity index (χ0n) is 15.9. The third-order valence-electron chi connectivity index (χ3n) is 4.34. The number of nitrogens with zero attached hydrogens (tertiary/aromatic N) is 1. The summed E-state index contributed by atoms with van der Waals surface area (Å²) in [7, 11) is -3.88. The lowest BCUT2D eigenvalue weighted by atomic mass is 10.2. The first-order valence-electron chi connectivity index (χ1n) is 8.72. The van der Waals surface area contributed by atoms with E-state index < -0.39 is 20.9 Å². The fourth-order valence-electron chi connectivity index (χ4n) is 2.64. The minimum absolute atomic E-state index is 0.0155. The number of anilines is 2. The Hall–Kier alpha value is -3.14. The highest BCUT2D eigenvalue weighted by Crippen LogP contribution is 2.27. The number of carbonyl (C=O) groups is 1. The van der Waals surface area contributed by atoms with Crippen LogP contribution in [0.1, 0.15) is 15.9 Å². The van der Waals surface area contributed by atoms with Gasteiger partial charge in [-0.15, -0.1) is 0 Å². The fourth-order valence-corrected chi connectivity index (χ4v) is 4.20. The molecule has 1 amide bonds. The number of hydrogen-bond acceptors (Lipinski definition) is 5. The Labute approximate surface area is 188 Å². The quantitative estimate of drug-likeness (QED) is 0.368. The van der Waals surface area contributed by atoms with Crippen LogP contribution in [0, 0.1) is 17.0 Å². The average molecular weight is 480 g/mol. The molecule has 0 bridgehead atoms. The van der Waals surface area contributed by atoms with Crippen molar-refractivity contribution in [3.8, 4) is 0 Å². The molecule has 0 unspecified atom stereocenters. The van der Waals surface area contributed by atoms with Crippen molar-refractivity contribution >= 4 is 56.2 Å². The predicted octanol–water partition coefficient (Wildman–Crippen LogP) is 5.26. The number of hydrogen-bond donors (Lipinski definition) is 2. The van der Waals surface area contributed by atoms with Crippen molar-refractivity contribution in [2.45, 2.75) is 11.8 Å². The maximum atomic E-state index is 12.6. The monoisotopic (exact) mass is 479 g/mol. The second-order valence-corrected chi connectivity index (χ2v) is 8.91. The summed E-state index contributed by atoms with van der Waals surface area (Å²) in [5, 5.41) is 13.7. The molecule has 0 heterocycles. The molecule has 31 heavy (non-hydrogen) atoms. The van der Waals surface area contributed by atoms with E-state index >= 15 is 0 Å². The second-order valence-electron chi connectivity index (χ2n) is 6.42. The zero-order chi connectivity index (χ0) is 22.8. The number of non-ortho nitro benzene ring substituents is 1. The SMILES string of the molecule is Cc1c(Cl)cccc1NS(=O)(=O)c1ccc(NC(=O)c2ccc([N+](=O)[O-])cc2Cl)cc1. The first-order chi connectivity index (χ1) is 14.6. The van der Waals surface area contributed by atoms with Crippen LogP contribution in [-0.4, -0.2) is 19.2 Å². The summed E-state index contributed by atoms with van der Waals surface area (Å²) < 4.78 is 27.8. The average Bonchev–Trinajstić information content (AvgIpc) is 2.71. The van der Waals surface area contributed by atoms with Gasteiger partial charge in [-0.2, -0.15) is 0 Å². The first kappa shape index (κ1) is 22.5. The van der Waals surface area contributed by atoms with Crippen LogP contribution < -0.4 is 10.0 Å². The highest BCUT2D eigenvalue weighted by atomic mass is 35.5. The smallest absolute Gasteiger partial charge is 0.270 e.